The zero-order chi connectivity index (χ0) is 17.0. The van der Waals surface area contributed by atoms with E-state index in [1.165, 1.54) is 12.1 Å². The molecule has 1 atom stereocenters. The molecule has 0 radical (unpaired) electrons. The van der Waals surface area contributed by atoms with E-state index in [0.29, 0.717) is 37.9 Å². The molecular weight excluding hydrogens is 380 g/mol. The molecule has 1 unspecified atom stereocenters. The van der Waals surface area contributed by atoms with Crippen LogP contribution in [0.15, 0.2) is 36.4 Å². The van der Waals surface area contributed by atoms with Gasteiger partial charge in [-0.05, 0) is 30.7 Å². The molecule has 1 N–H and O–H groups in total. The monoisotopic (exact) mass is 391 g/mol. The van der Waals surface area contributed by atoms with Gasteiger partial charge in [0.1, 0.15) is 5.75 Å². The third-order valence-electron chi connectivity index (χ3n) is 3.04. The molecule has 2 aromatic carbocycles. The first-order chi connectivity index (χ1) is 10.9. The second-order valence-corrected chi connectivity index (χ2v) is 6.31. The lowest BCUT2D eigenvalue weighted by Crippen LogP contribution is -2.32. The number of ether oxygens (including phenoxy) is 1. The van der Waals surface area contributed by atoms with E-state index in [4.69, 9.17) is 51.1 Å². The Hall–Kier alpha value is -1.13. The lowest BCUT2D eigenvalue weighted by Gasteiger charge is -2.18. The Morgan fingerprint density at radius 1 is 1.04 bits per heavy atom. The van der Waals surface area contributed by atoms with E-state index >= 15 is 0 Å². The maximum absolute atomic E-state index is 12.4. The summed E-state index contributed by atoms with van der Waals surface area (Å²) in [5, 5.41) is 4.03. The number of amides is 1. The number of hydrogen-bond acceptors (Lipinski definition) is 2. The Morgan fingerprint density at radius 2 is 1.70 bits per heavy atom. The largest absolute Gasteiger partial charge is 0.479 e. The summed E-state index contributed by atoms with van der Waals surface area (Å²) in [7, 11) is 0. The van der Waals surface area contributed by atoms with Crippen molar-refractivity contribution in [2.24, 2.45) is 0 Å². The molecule has 0 aromatic heterocycles. The summed E-state index contributed by atoms with van der Waals surface area (Å²) in [5.41, 5.74) is 0.368. The van der Waals surface area contributed by atoms with Crippen molar-refractivity contribution >= 4 is 58.0 Å². The van der Waals surface area contributed by atoms with E-state index < -0.39 is 6.10 Å². The number of benzene rings is 2. The molecule has 0 heterocycles. The van der Waals surface area contributed by atoms with Crippen molar-refractivity contribution in [1.29, 1.82) is 0 Å². The molecule has 0 spiro atoms. The standard InChI is InChI=1S/C16H13Cl4NO2/c1-2-14(23-15-6-4-3-5-9(15)17)16(22)21-13-8-11(19)10(18)7-12(13)20/h3-8,14H,2H2,1H3,(H,21,22). The van der Waals surface area contributed by atoms with Crippen molar-refractivity contribution < 1.29 is 9.53 Å². The highest BCUT2D eigenvalue weighted by atomic mass is 35.5. The molecule has 0 aliphatic rings. The maximum atomic E-state index is 12.4. The SMILES string of the molecule is CCC(Oc1ccccc1Cl)C(=O)Nc1cc(Cl)c(Cl)cc1Cl. The van der Waals surface area contributed by atoms with E-state index in [-0.39, 0.29) is 5.91 Å². The van der Waals surface area contributed by atoms with Crippen LogP contribution < -0.4 is 10.1 Å². The number of carbonyl (C=O) groups excluding carboxylic acids is 1. The van der Waals surface area contributed by atoms with Crippen molar-refractivity contribution in [2.75, 3.05) is 5.32 Å². The quantitative estimate of drug-likeness (QED) is 0.624. The summed E-state index contributed by atoms with van der Waals surface area (Å²) in [6.45, 7) is 1.83. The van der Waals surface area contributed by atoms with Gasteiger partial charge in [0, 0.05) is 0 Å². The molecule has 3 nitrogen and oxygen atoms in total. The number of rotatable bonds is 5. The van der Waals surface area contributed by atoms with E-state index in [1.54, 1.807) is 24.3 Å². The van der Waals surface area contributed by atoms with Crippen molar-refractivity contribution in [1.82, 2.24) is 0 Å². The van der Waals surface area contributed by atoms with Crippen molar-refractivity contribution in [3.8, 4) is 5.75 Å². The minimum absolute atomic E-state index is 0.292. The fraction of sp³-hybridized carbons (Fsp3) is 0.188. The van der Waals surface area contributed by atoms with Crippen molar-refractivity contribution in [2.45, 2.75) is 19.4 Å². The fourth-order valence-corrected chi connectivity index (χ4v) is 2.62. The highest BCUT2D eigenvalue weighted by Crippen LogP contribution is 2.32. The second kappa shape index (κ2) is 8.11. The first-order valence-corrected chi connectivity index (χ1v) is 8.30. The molecule has 122 valence electrons. The predicted octanol–water partition coefficient (Wildman–Crippen LogP) is 6.10. The Kier molecular flexibility index (Phi) is 6.42. The van der Waals surface area contributed by atoms with Crippen LogP contribution in [-0.2, 0) is 4.79 Å². The van der Waals surface area contributed by atoms with Gasteiger partial charge in [0.05, 0.1) is 25.8 Å². The Balaban J connectivity index is 2.15. The molecule has 0 saturated heterocycles. The van der Waals surface area contributed by atoms with Crippen LogP contribution in [0.3, 0.4) is 0 Å². The van der Waals surface area contributed by atoms with Crippen LogP contribution in [0, 0.1) is 0 Å². The van der Waals surface area contributed by atoms with Crippen LogP contribution >= 0.6 is 46.4 Å². The van der Waals surface area contributed by atoms with Gasteiger partial charge in [-0.3, -0.25) is 4.79 Å². The first-order valence-electron chi connectivity index (χ1n) is 6.79. The van der Waals surface area contributed by atoms with E-state index in [9.17, 15) is 4.79 Å². The summed E-state index contributed by atoms with van der Waals surface area (Å²) in [6, 6.07) is 9.92. The number of hydrogen-bond donors (Lipinski definition) is 1. The molecule has 0 fully saturated rings. The normalized spacial score (nSPS) is 11.9. The Morgan fingerprint density at radius 3 is 2.35 bits per heavy atom. The van der Waals surface area contributed by atoms with Crippen LogP contribution in [0.2, 0.25) is 20.1 Å². The maximum Gasteiger partial charge on any atom is 0.265 e. The minimum Gasteiger partial charge on any atom is -0.479 e. The fourth-order valence-electron chi connectivity index (χ4n) is 1.85. The van der Waals surface area contributed by atoms with Gasteiger partial charge in [-0.1, -0.05) is 65.5 Å². The Labute approximate surface area is 154 Å². The Bertz CT molecular complexity index is 721. The number of anilines is 1. The van der Waals surface area contributed by atoms with Gasteiger partial charge in [0.25, 0.3) is 5.91 Å². The predicted molar refractivity (Wildman–Crippen MR) is 96.3 cm³/mol. The summed E-state index contributed by atoms with van der Waals surface area (Å²) >= 11 is 23.9. The van der Waals surface area contributed by atoms with Gasteiger partial charge in [0.2, 0.25) is 0 Å². The molecule has 2 aromatic rings. The molecule has 0 saturated carbocycles. The smallest absolute Gasteiger partial charge is 0.265 e. The van der Waals surface area contributed by atoms with Crippen molar-refractivity contribution in [3.05, 3.63) is 56.5 Å². The van der Waals surface area contributed by atoms with Crippen molar-refractivity contribution in [3.63, 3.8) is 0 Å². The average Bonchev–Trinajstić information content (AvgIpc) is 2.51. The lowest BCUT2D eigenvalue weighted by atomic mass is 10.2. The molecular formula is C16H13Cl4NO2. The molecule has 1 amide bonds. The van der Waals surface area contributed by atoms with Gasteiger partial charge in [-0.2, -0.15) is 0 Å². The van der Waals surface area contributed by atoms with Crippen LogP contribution in [0.5, 0.6) is 5.75 Å². The average molecular weight is 393 g/mol. The third-order valence-corrected chi connectivity index (χ3v) is 4.38. The summed E-state index contributed by atoms with van der Waals surface area (Å²) < 4.78 is 5.68. The first kappa shape index (κ1) is 18.2. The van der Waals surface area contributed by atoms with Gasteiger partial charge in [-0.15, -0.1) is 0 Å². The zero-order valence-corrected chi connectivity index (χ0v) is 15.1. The topological polar surface area (TPSA) is 38.3 Å². The summed E-state index contributed by atoms with van der Waals surface area (Å²) in [4.78, 5) is 12.4. The third kappa shape index (κ3) is 4.67. The highest BCUT2D eigenvalue weighted by molar-refractivity contribution is 6.44. The van der Waals surface area contributed by atoms with Crippen LogP contribution in [0.25, 0.3) is 0 Å². The number of halogens is 4. The molecule has 0 bridgehead atoms. The zero-order valence-electron chi connectivity index (χ0n) is 12.1. The van der Waals surface area contributed by atoms with Gasteiger partial charge in [0.15, 0.2) is 6.10 Å². The molecule has 0 aliphatic carbocycles. The van der Waals surface area contributed by atoms with Gasteiger partial charge >= 0.3 is 0 Å². The highest BCUT2D eigenvalue weighted by Gasteiger charge is 2.21. The van der Waals surface area contributed by atoms with Crippen LogP contribution in [0.1, 0.15) is 13.3 Å². The summed E-state index contributed by atoms with van der Waals surface area (Å²) in [5.74, 6) is 0.0871. The second-order valence-electron chi connectivity index (χ2n) is 4.68. The molecule has 0 aliphatic heterocycles. The van der Waals surface area contributed by atoms with E-state index in [1.807, 2.05) is 6.92 Å². The van der Waals surface area contributed by atoms with Gasteiger partial charge < -0.3 is 10.1 Å². The minimum atomic E-state index is -0.722. The number of para-hydroxylation sites is 1. The number of carbonyl (C=O) groups is 1. The molecule has 2 rings (SSSR count). The van der Waals surface area contributed by atoms with E-state index in [2.05, 4.69) is 5.32 Å². The lowest BCUT2D eigenvalue weighted by molar-refractivity contribution is -0.122. The molecule has 23 heavy (non-hydrogen) atoms. The van der Waals surface area contributed by atoms with E-state index in [0.717, 1.165) is 0 Å². The van der Waals surface area contributed by atoms with Gasteiger partial charge in [-0.25, -0.2) is 0 Å². The number of nitrogens with one attached hydrogen (secondary N) is 1. The van der Waals surface area contributed by atoms with Crippen LogP contribution in [0.4, 0.5) is 5.69 Å². The molecule has 7 heteroatoms. The summed E-state index contributed by atoms with van der Waals surface area (Å²) in [6.07, 6.45) is -0.267. The van der Waals surface area contributed by atoms with Crippen LogP contribution in [-0.4, -0.2) is 12.0 Å².